The molecule has 0 radical (unpaired) electrons. The smallest absolute Gasteiger partial charge is 0.178 e. The van der Waals surface area contributed by atoms with E-state index in [1.807, 2.05) is 12.1 Å². The van der Waals surface area contributed by atoms with Crippen molar-refractivity contribution < 1.29 is 14.2 Å². The number of nitrogens with zero attached hydrogens (tertiary/aromatic N) is 1. The average molecular weight is 662 g/mol. The molecule has 0 bridgehead atoms. The second kappa shape index (κ2) is 12.0. The Morgan fingerprint density at radius 3 is 2.16 bits per heavy atom. The van der Waals surface area contributed by atoms with Gasteiger partial charge in [0.25, 0.3) is 0 Å². The van der Waals surface area contributed by atoms with E-state index >= 15 is 0 Å². The van der Waals surface area contributed by atoms with Crippen LogP contribution in [-0.4, -0.2) is 27.3 Å². The maximum atomic E-state index is 7.67. The van der Waals surface area contributed by atoms with Crippen LogP contribution in [0.25, 0.3) is 28.0 Å². The summed E-state index contributed by atoms with van der Waals surface area (Å²) in [5.74, 6) is 3.88. The van der Waals surface area contributed by atoms with Gasteiger partial charge in [0.2, 0.25) is 0 Å². The number of piperidine rings is 1. The summed E-state index contributed by atoms with van der Waals surface area (Å²) < 4.78 is 19.1. The molecule has 0 aromatic heterocycles. The molecule has 0 N–H and O–H groups in total. The Balaban J connectivity index is 1.29. The van der Waals surface area contributed by atoms with Gasteiger partial charge >= 0.3 is 0 Å². The average Bonchev–Trinajstić information content (AvgIpc) is 3.74. The van der Waals surface area contributed by atoms with Gasteiger partial charge in [-0.1, -0.05) is 74.9 Å². The van der Waals surface area contributed by atoms with E-state index in [-0.39, 0.29) is 5.41 Å². The van der Waals surface area contributed by atoms with Gasteiger partial charge in [0.1, 0.15) is 17.2 Å². The zero-order chi connectivity index (χ0) is 34.0. The number of fused-ring (bicyclic) bond motifs is 8. The predicted octanol–water partition coefficient (Wildman–Crippen LogP) is 10.9. The molecule has 1 saturated carbocycles. The minimum absolute atomic E-state index is 0.126. The molecule has 4 atom stereocenters. The molecule has 4 aliphatic rings. The Labute approximate surface area is 296 Å². The quantitative estimate of drug-likeness (QED) is 0.181. The zero-order valence-corrected chi connectivity index (χ0v) is 29.8. The molecule has 2 fully saturated rings. The summed E-state index contributed by atoms with van der Waals surface area (Å²) in [7, 11) is 3.47. The fourth-order valence-corrected chi connectivity index (χ4v) is 9.90. The van der Waals surface area contributed by atoms with Gasteiger partial charge in [-0.05, 0) is 120 Å². The monoisotopic (exact) mass is 661 g/mol. The van der Waals surface area contributed by atoms with Gasteiger partial charge in [-0.2, -0.15) is 0 Å². The van der Waals surface area contributed by atoms with E-state index in [2.05, 4.69) is 110 Å². The summed E-state index contributed by atoms with van der Waals surface area (Å²) >= 11 is 0. The molecule has 5 aromatic rings. The first-order valence-electron chi connectivity index (χ1n) is 18.6. The third kappa shape index (κ3) is 4.63. The molecule has 50 heavy (non-hydrogen) atoms. The van der Waals surface area contributed by atoms with Gasteiger partial charge in [0.15, 0.2) is 5.60 Å². The zero-order valence-electron chi connectivity index (χ0n) is 29.8. The third-order valence-electron chi connectivity index (χ3n) is 12.6. The van der Waals surface area contributed by atoms with E-state index in [0.717, 1.165) is 52.8 Å². The molecule has 9 rings (SSSR count). The Bertz CT molecular complexity index is 2110. The molecule has 2 aliphatic carbocycles. The first-order chi connectivity index (χ1) is 24.4. The van der Waals surface area contributed by atoms with Crippen molar-refractivity contribution in [3.63, 3.8) is 0 Å². The summed E-state index contributed by atoms with van der Waals surface area (Å²) in [6.45, 7) is 7.18. The van der Waals surface area contributed by atoms with E-state index in [9.17, 15) is 0 Å². The molecule has 4 unspecified atom stereocenters. The second-order valence-electron chi connectivity index (χ2n) is 15.3. The Morgan fingerprint density at radius 1 is 0.760 bits per heavy atom. The molecular weight excluding hydrogens is 615 g/mol. The minimum Gasteiger partial charge on any atom is -0.497 e. The van der Waals surface area contributed by atoms with E-state index in [4.69, 9.17) is 14.2 Å². The molecule has 1 saturated heterocycles. The second-order valence-corrected chi connectivity index (χ2v) is 15.3. The van der Waals surface area contributed by atoms with Crippen LogP contribution in [0.5, 0.6) is 17.2 Å². The van der Waals surface area contributed by atoms with Crippen LogP contribution in [0.1, 0.15) is 80.2 Å². The lowest BCUT2D eigenvalue weighted by Crippen LogP contribution is -2.36. The van der Waals surface area contributed by atoms with Crippen molar-refractivity contribution in [1.82, 2.24) is 0 Å². The number of anilines is 1. The summed E-state index contributed by atoms with van der Waals surface area (Å²) in [6.07, 6.45) is 12.3. The van der Waals surface area contributed by atoms with Crippen LogP contribution in [-0.2, 0) is 11.0 Å². The number of benzene rings is 5. The van der Waals surface area contributed by atoms with E-state index in [0.29, 0.717) is 5.92 Å². The van der Waals surface area contributed by atoms with Crippen LogP contribution in [0.3, 0.4) is 0 Å². The minimum atomic E-state index is -0.840. The van der Waals surface area contributed by atoms with Gasteiger partial charge in [-0.3, -0.25) is 0 Å². The maximum absolute atomic E-state index is 7.67. The van der Waals surface area contributed by atoms with Gasteiger partial charge in [-0.15, -0.1) is 0 Å². The molecule has 5 aromatic carbocycles. The first kappa shape index (κ1) is 31.3. The van der Waals surface area contributed by atoms with Crippen molar-refractivity contribution in [3.8, 4) is 28.4 Å². The Kier molecular flexibility index (Phi) is 7.49. The highest BCUT2D eigenvalue weighted by Crippen LogP contribution is 2.62. The molecule has 2 heterocycles. The number of ether oxygens (including phenoxy) is 3. The standard InChI is InChI=1S/C46H47NO3/c1-30-12-13-33(28-30)45(2)41-11-7-6-10-38(41)42-37-23-22-36(49-4)29-40(37)44-39(43(42)45)24-25-46(50-44,32-16-20-35(48-3)21-17-32)31-14-18-34(19-15-31)47-26-8-5-9-27-47/h6-7,10-11,14-25,29-30,33H,5,8-9,12-13,26-28H2,1-4H3. The third-order valence-corrected chi connectivity index (χ3v) is 12.6. The highest BCUT2D eigenvalue weighted by Gasteiger charge is 2.50. The number of hydrogen-bond acceptors (Lipinski definition) is 4. The SMILES string of the molecule is COc1ccc(C2(c3ccc(N4CCCCC4)cc3)C=Cc3c4c(c5ccc(OC)cc5c3O2)-c2ccccc2C4(C)C2CCC(C)C2)cc1. The first-order valence-corrected chi connectivity index (χ1v) is 18.6. The van der Waals surface area contributed by atoms with Crippen molar-refractivity contribution >= 4 is 22.5 Å². The van der Waals surface area contributed by atoms with Gasteiger partial charge < -0.3 is 19.1 Å². The van der Waals surface area contributed by atoms with Crippen LogP contribution in [0.4, 0.5) is 5.69 Å². The van der Waals surface area contributed by atoms with E-state index in [1.54, 1.807) is 14.2 Å². The normalized spacial score (nSPS) is 25.2. The summed E-state index contributed by atoms with van der Waals surface area (Å²) in [6, 6.07) is 33.3. The van der Waals surface area contributed by atoms with Crippen LogP contribution in [0.15, 0.2) is 97.1 Å². The number of hydrogen-bond donors (Lipinski definition) is 0. The van der Waals surface area contributed by atoms with Crippen molar-refractivity contribution in [2.75, 3.05) is 32.2 Å². The summed E-state index contributed by atoms with van der Waals surface area (Å²) in [4.78, 5) is 2.52. The molecule has 0 spiro atoms. The van der Waals surface area contributed by atoms with Gasteiger partial charge in [-0.25, -0.2) is 0 Å². The number of rotatable bonds is 6. The van der Waals surface area contributed by atoms with Crippen LogP contribution >= 0.6 is 0 Å². The van der Waals surface area contributed by atoms with Gasteiger partial charge in [0, 0.05) is 46.3 Å². The van der Waals surface area contributed by atoms with Gasteiger partial charge in [0.05, 0.1) is 14.2 Å². The fraction of sp³-hybridized carbons (Fsp3) is 0.348. The predicted molar refractivity (Wildman–Crippen MR) is 205 cm³/mol. The molecule has 4 heteroatoms. The molecule has 2 aliphatic heterocycles. The van der Waals surface area contributed by atoms with E-state index < -0.39 is 5.60 Å². The van der Waals surface area contributed by atoms with Crippen molar-refractivity contribution in [2.24, 2.45) is 11.8 Å². The van der Waals surface area contributed by atoms with E-state index in [1.165, 1.54) is 77.4 Å². The van der Waals surface area contributed by atoms with Crippen LogP contribution in [0, 0.1) is 11.8 Å². The lowest BCUT2D eigenvalue weighted by Gasteiger charge is -2.40. The topological polar surface area (TPSA) is 30.9 Å². The van der Waals surface area contributed by atoms with Crippen molar-refractivity contribution in [2.45, 2.75) is 63.4 Å². The van der Waals surface area contributed by atoms with Crippen LogP contribution in [0.2, 0.25) is 0 Å². The fourth-order valence-electron chi connectivity index (χ4n) is 9.90. The maximum Gasteiger partial charge on any atom is 0.178 e. The van der Waals surface area contributed by atoms with Crippen LogP contribution < -0.4 is 19.1 Å². The Morgan fingerprint density at radius 2 is 1.46 bits per heavy atom. The lowest BCUT2D eigenvalue weighted by atomic mass is 9.67. The summed E-state index contributed by atoms with van der Waals surface area (Å²) in [5.41, 5.74) is 9.28. The highest BCUT2D eigenvalue weighted by molar-refractivity contribution is 6.09. The number of methoxy groups -OCH3 is 2. The molecular formula is C46H47NO3. The molecule has 254 valence electrons. The van der Waals surface area contributed by atoms with Crippen molar-refractivity contribution in [3.05, 3.63) is 125 Å². The largest absolute Gasteiger partial charge is 0.497 e. The molecule has 4 nitrogen and oxygen atoms in total. The highest BCUT2D eigenvalue weighted by atomic mass is 16.5. The van der Waals surface area contributed by atoms with Crippen molar-refractivity contribution in [1.29, 1.82) is 0 Å². The lowest BCUT2D eigenvalue weighted by molar-refractivity contribution is 0.163. The Hall–Kier alpha value is -4.70. The molecule has 0 amide bonds. The summed E-state index contributed by atoms with van der Waals surface area (Å²) in [5, 5.41) is 2.31.